The third-order valence-corrected chi connectivity index (χ3v) is 6.69. The molecule has 1 amide bonds. The van der Waals surface area contributed by atoms with Crippen molar-refractivity contribution >= 4 is 27.5 Å². The fraction of sp³-hybridized carbons (Fsp3) is 0.182. The van der Waals surface area contributed by atoms with Crippen molar-refractivity contribution in [2.75, 3.05) is 13.7 Å². The number of hydrogen-bond donors (Lipinski definition) is 1. The first-order valence-corrected chi connectivity index (χ1v) is 11.2. The smallest absolute Gasteiger partial charge is 0.245 e. The first-order valence-electron chi connectivity index (χ1n) is 9.43. The second-order valence-electron chi connectivity index (χ2n) is 6.68. The number of benzene rings is 2. The fourth-order valence-electron chi connectivity index (χ4n) is 2.86. The maximum atomic E-state index is 13.2. The summed E-state index contributed by atoms with van der Waals surface area (Å²) in [4.78, 5) is 16.5. The van der Waals surface area contributed by atoms with Gasteiger partial charge in [-0.25, -0.2) is 8.42 Å². The molecule has 0 aliphatic heterocycles. The standard InChI is InChI=1S/C22H22ClN3O4S/c1-30-19-10-8-17(9-11-19)15-26(31(28,29)20-6-4-12-24-14-20)16-22(27)25-13-18-5-2-3-7-21(18)23/h2-12,14H,13,15-16H2,1H3,(H,25,27). The quantitative estimate of drug-likeness (QED) is 0.530. The van der Waals surface area contributed by atoms with Crippen LogP contribution in [0.5, 0.6) is 5.75 Å². The Morgan fingerprint density at radius 3 is 2.48 bits per heavy atom. The topological polar surface area (TPSA) is 88.6 Å². The van der Waals surface area contributed by atoms with Crippen LogP contribution in [0.2, 0.25) is 5.02 Å². The highest BCUT2D eigenvalue weighted by atomic mass is 35.5. The van der Waals surface area contributed by atoms with Gasteiger partial charge in [-0.3, -0.25) is 9.78 Å². The number of halogens is 1. The molecule has 3 aromatic rings. The molecule has 0 fully saturated rings. The van der Waals surface area contributed by atoms with Crippen LogP contribution < -0.4 is 10.1 Å². The van der Waals surface area contributed by atoms with Gasteiger partial charge in [-0.05, 0) is 41.5 Å². The molecule has 0 bridgehead atoms. The van der Waals surface area contributed by atoms with E-state index in [9.17, 15) is 13.2 Å². The number of nitrogens with one attached hydrogen (secondary N) is 1. The van der Waals surface area contributed by atoms with Gasteiger partial charge in [0.05, 0.1) is 13.7 Å². The van der Waals surface area contributed by atoms with Gasteiger partial charge in [-0.15, -0.1) is 0 Å². The highest BCUT2D eigenvalue weighted by molar-refractivity contribution is 7.89. The average molecular weight is 460 g/mol. The number of rotatable bonds is 9. The summed E-state index contributed by atoms with van der Waals surface area (Å²) in [5.41, 5.74) is 1.46. The molecular weight excluding hydrogens is 438 g/mol. The van der Waals surface area contributed by atoms with E-state index in [-0.39, 0.29) is 24.5 Å². The van der Waals surface area contributed by atoms with Crippen molar-refractivity contribution < 1.29 is 17.9 Å². The molecule has 1 N–H and O–H groups in total. The van der Waals surface area contributed by atoms with Crippen molar-refractivity contribution in [1.82, 2.24) is 14.6 Å². The second-order valence-corrected chi connectivity index (χ2v) is 9.02. The monoisotopic (exact) mass is 459 g/mol. The zero-order valence-corrected chi connectivity index (χ0v) is 18.4. The summed E-state index contributed by atoms with van der Waals surface area (Å²) in [5, 5.41) is 3.26. The number of nitrogens with zero attached hydrogens (tertiary/aromatic N) is 2. The van der Waals surface area contributed by atoms with Crippen LogP contribution in [0.15, 0.2) is 78.0 Å². The molecule has 0 atom stereocenters. The van der Waals surface area contributed by atoms with Crippen LogP contribution >= 0.6 is 11.6 Å². The molecule has 0 unspecified atom stereocenters. The van der Waals surface area contributed by atoms with E-state index in [2.05, 4.69) is 10.3 Å². The minimum absolute atomic E-state index is 0.0146. The molecule has 0 spiro atoms. The van der Waals surface area contributed by atoms with Gasteiger partial charge in [0.15, 0.2) is 0 Å². The van der Waals surface area contributed by atoms with E-state index in [4.69, 9.17) is 16.3 Å². The van der Waals surface area contributed by atoms with Gasteiger partial charge in [0.2, 0.25) is 15.9 Å². The summed E-state index contributed by atoms with van der Waals surface area (Å²) in [6, 6.07) is 17.1. The molecule has 0 saturated heterocycles. The highest BCUT2D eigenvalue weighted by Crippen LogP contribution is 2.19. The molecule has 0 radical (unpaired) electrons. The van der Waals surface area contributed by atoms with Crippen molar-refractivity contribution in [3.8, 4) is 5.75 Å². The van der Waals surface area contributed by atoms with Crippen molar-refractivity contribution in [2.24, 2.45) is 0 Å². The lowest BCUT2D eigenvalue weighted by Crippen LogP contribution is -2.40. The van der Waals surface area contributed by atoms with E-state index in [1.54, 1.807) is 49.6 Å². The molecule has 1 heterocycles. The molecule has 7 nitrogen and oxygen atoms in total. The molecule has 0 aliphatic carbocycles. The van der Waals surface area contributed by atoms with Crippen molar-refractivity contribution in [3.05, 3.63) is 89.2 Å². The lowest BCUT2D eigenvalue weighted by molar-refractivity contribution is -0.121. The maximum absolute atomic E-state index is 13.2. The van der Waals surface area contributed by atoms with E-state index < -0.39 is 15.9 Å². The van der Waals surface area contributed by atoms with E-state index >= 15 is 0 Å². The zero-order chi connectivity index (χ0) is 22.3. The van der Waals surface area contributed by atoms with Gasteiger partial charge < -0.3 is 10.1 Å². The van der Waals surface area contributed by atoms with E-state index in [1.165, 1.54) is 24.5 Å². The third-order valence-electron chi connectivity index (χ3n) is 4.54. The normalized spacial score (nSPS) is 11.3. The minimum atomic E-state index is -3.95. The Balaban J connectivity index is 1.79. The van der Waals surface area contributed by atoms with Crippen LogP contribution in [0.4, 0.5) is 0 Å². The van der Waals surface area contributed by atoms with Crippen LogP contribution in [0, 0.1) is 0 Å². The van der Waals surface area contributed by atoms with Gasteiger partial charge in [0, 0.05) is 30.5 Å². The molecule has 2 aromatic carbocycles. The molecular formula is C22H22ClN3O4S. The molecule has 162 valence electrons. The molecule has 0 aliphatic rings. The Morgan fingerprint density at radius 2 is 1.84 bits per heavy atom. The number of pyridine rings is 1. The average Bonchev–Trinajstić information content (AvgIpc) is 2.79. The molecule has 3 rings (SSSR count). The summed E-state index contributed by atoms with van der Waals surface area (Å²) < 4.78 is 32.6. The Labute approximate surface area is 186 Å². The Kier molecular flexibility index (Phi) is 7.62. The maximum Gasteiger partial charge on any atom is 0.245 e. The molecule has 9 heteroatoms. The summed E-state index contributed by atoms with van der Waals surface area (Å²) in [5.74, 6) is 0.212. The third kappa shape index (κ3) is 6.04. The predicted octanol–water partition coefficient (Wildman–Crippen LogP) is 3.25. The second kappa shape index (κ2) is 10.4. The number of methoxy groups -OCH3 is 1. The molecule has 1 aromatic heterocycles. The minimum Gasteiger partial charge on any atom is -0.497 e. The lowest BCUT2D eigenvalue weighted by atomic mass is 10.2. The zero-order valence-electron chi connectivity index (χ0n) is 16.9. The number of sulfonamides is 1. The van der Waals surface area contributed by atoms with Crippen LogP contribution in [0.3, 0.4) is 0 Å². The predicted molar refractivity (Wildman–Crippen MR) is 118 cm³/mol. The van der Waals surface area contributed by atoms with Crippen LogP contribution in [0.25, 0.3) is 0 Å². The van der Waals surface area contributed by atoms with Crippen LogP contribution in [-0.4, -0.2) is 37.3 Å². The number of ether oxygens (including phenoxy) is 1. The number of amides is 1. The van der Waals surface area contributed by atoms with Crippen molar-refractivity contribution in [1.29, 1.82) is 0 Å². The van der Waals surface area contributed by atoms with Gasteiger partial charge in [0.1, 0.15) is 10.6 Å². The SMILES string of the molecule is COc1ccc(CN(CC(=O)NCc2ccccc2Cl)S(=O)(=O)c2cccnc2)cc1. The lowest BCUT2D eigenvalue weighted by Gasteiger charge is -2.22. The Morgan fingerprint density at radius 1 is 1.10 bits per heavy atom. The van der Waals surface area contributed by atoms with Gasteiger partial charge in [-0.1, -0.05) is 41.9 Å². The summed E-state index contributed by atoms with van der Waals surface area (Å²) in [6.07, 6.45) is 2.75. The Bertz CT molecular complexity index is 1120. The highest BCUT2D eigenvalue weighted by Gasteiger charge is 2.27. The number of carbonyl (C=O) groups excluding carboxylic acids is 1. The largest absolute Gasteiger partial charge is 0.497 e. The molecule has 31 heavy (non-hydrogen) atoms. The van der Waals surface area contributed by atoms with E-state index in [0.29, 0.717) is 16.3 Å². The van der Waals surface area contributed by atoms with Gasteiger partial charge >= 0.3 is 0 Å². The van der Waals surface area contributed by atoms with Crippen molar-refractivity contribution in [3.63, 3.8) is 0 Å². The first-order chi connectivity index (χ1) is 14.9. The summed E-state index contributed by atoms with van der Waals surface area (Å²) in [7, 11) is -2.40. The first kappa shape index (κ1) is 22.7. The van der Waals surface area contributed by atoms with Gasteiger partial charge in [-0.2, -0.15) is 4.31 Å². The summed E-state index contributed by atoms with van der Waals surface area (Å²) >= 11 is 6.12. The van der Waals surface area contributed by atoms with E-state index in [1.807, 2.05) is 6.07 Å². The fourth-order valence-corrected chi connectivity index (χ4v) is 4.41. The Hall–Kier alpha value is -2.94. The number of hydrogen-bond acceptors (Lipinski definition) is 5. The number of aromatic nitrogens is 1. The summed E-state index contributed by atoms with van der Waals surface area (Å²) in [6.45, 7) is -0.143. The number of carbonyl (C=O) groups is 1. The molecule has 0 saturated carbocycles. The van der Waals surface area contributed by atoms with Crippen LogP contribution in [-0.2, 0) is 27.9 Å². The van der Waals surface area contributed by atoms with Crippen molar-refractivity contribution in [2.45, 2.75) is 18.0 Å². The van der Waals surface area contributed by atoms with E-state index in [0.717, 1.165) is 9.87 Å². The van der Waals surface area contributed by atoms with Crippen LogP contribution in [0.1, 0.15) is 11.1 Å². The van der Waals surface area contributed by atoms with Gasteiger partial charge in [0.25, 0.3) is 0 Å².